The van der Waals surface area contributed by atoms with Gasteiger partial charge in [-0.15, -0.1) is 10.2 Å². The van der Waals surface area contributed by atoms with Crippen LogP contribution in [0.5, 0.6) is 0 Å². The molecule has 2 rings (SSSR count). The van der Waals surface area contributed by atoms with Gasteiger partial charge in [-0.2, -0.15) is 0 Å². The van der Waals surface area contributed by atoms with Gasteiger partial charge in [-0.05, 0) is 31.5 Å². The Morgan fingerprint density at radius 1 is 1.38 bits per heavy atom. The third-order valence-corrected chi connectivity index (χ3v) is 3.10. The van der Waals surface area contributed by atoms with E-state index in [0.717, 1.165) is 15.6 Å². The molecule has 0 spiro atoms. The molecule has 84 valence electrons. The predicted octanol–water partition coefficient (Wildman–Crippen LogP) is 2.83. The van der Waals surface area contributed by atoms with E-state index in [-0.39, 0.29) is 6.04 Å². The highest BCUT2D eigenvalue weighted by atomic mass is 79.9. The maximum atomic E-state index is 5.65. The molecule has 0 fully saturated rings. The molecule has 1 unspecified atom stereocenters. The Hall–Kier alpha value is -1.20. The Balaban J connectivity index is 2.39. The molecule has 1 heterocycles. The summed E-state index contributed by atoms with van der Waals surface area (Å²) in [6.45, 7) is 3.83. The van der Waals surface area contributed by atoms with Crippen LogP contribution in [0.4, 0.5) is 0 Å². The van der Waals surface area contributed by atoms with E-state index in [1.165, 1.54) is 0 Å². The maximum Gasteiger partial charge on any atom is 0.247 e. The van der Waals surface area contributed by atoms with Crippen molar-refractivity contribution in [3.05, 3.63) is 34.1 Å². The van der Waals surface area contributed by atoms with Crippen molar-refractivity contribution >= 4 is 15.9 Å². The monoisotopic (exact) mass is 281 g/mol. The molecule has 0 amide bonds. The van der Waals surface area contributed by atoms with Gasteiger partial charge in [-0.1, -0.05) is 22.0 Å². The van der Waals surface area contributed by atoms with Crippen LogP contribution in [0.2, 0.25) is 0 Å². The number of hydrogen-bond donors (Lipinski definition) is 1. The summed E-state index contributed by atoms with van der Waals surface area (Å²) in [6.07, 6.45) is 0. The minimum Gasteiger partial charge on any atom is -0.419 e. The van der Waals surface area contributed by atoms with Crippen molar-refractivity contribution in [1.29, 1.82) is 0 Å². The van der Waals surface area contributed by atoms with Crippen LogP contribution in [0, 0.1) is 6.92 Å². The predicted molar refractivity (Wildman–Crippen MR) is 64.8 cm³/mol. The lowest BCUT2D eigenvalue weighted by molar-refractivity contribution is 0.473. The van der Waals surface area contributed by atoms with Crippen LogP contribution in [-0.4, -0.2) is 10.2 Å². The van der Waals surface area contributed by atoms with Crippen molar-refractivity contribution in [2.24, 2.45) is 5.73 Å². The van der Waals surface area contributed by atoms with E-state index < -0.39 is 0 Å². The summed E-state index contributed by atoms with van der Waals surface area (Å²) in [4.78, 5) is 0. The second kappa shape index (κ2) is 4.35. The molecule has 0 radical (unpaired) electrons. The van der Waals surface area contributed by atoms with Gasteiger partial charge in [0.15, 0.2) is 0 Å². The van der Waals surface area contributed by atoms with E-state index in [9.17, 15) is 0 Å². The van der Waals surface area contributed by atoms with E-state index in [2.05, 4.69) is 26.1 Å². The Morgan fingerprint density at radius 2 is 2.12 bits per heavy atom. The number of hydrogen-bond acceptors (Lipinski definition) is 4. The van der Waals surface area contributed by atoms with E-state index >= 15 is 0 Å². The zero-order valence-electron chi connectivity index (χ0n) is 9.07. The molecule has 2 aromatic rings. The van der Waals surface area contributed by atoms with Gasteiger partial charge < -0.3 is 10.2 Å². The van der Waals surface area contributed by atoms with Crippen LogP contribution in [-0.2, 0) is 0 Å². The first-order valence-electron chi connectivity index (χ1n) is 4.93. The standard InChI is InChI=1S/C11H12BrN3O/c1-6-3-4-8(5-9(6)12)11-15-14-10(16-11)7(2)13/h3-5,7H,13H2,1-2H3. The zero-order valence-corrected chi connectivity index (χ0v) is 10.7. The number of aromatic nitrogens is 2. The molecule has 5 heteroatoms. The fraction of sp³-hybridized carbons (Fsp3) is 0.273. The first kappa shape index (κ1) is 11.3. The number of nitrogens with zero attached hydrogens (tertiary/aromatic N) is 2. The van der Waals surface area contributed by atoms with Crippen LogP contribution in [0.3, 0.4) is 0 Å². The van der Waals surface area contributed by atoms with E-state index in [1.807, 2.05) is 32.0 Å². The summed E-state index contributed by atoms with van der Waals surface area (Å²) in [5, 5.41) is 7.85. The lowest BCUT2D eigenvalue weighted by atomic mass is 10.1. The lowest BCUT2D eigenvalue weighted by Crippen LogP contribution is -2.04. The lowest BCUT2D eigenvalue weighted by Gasteiger charge is -2.00. The summed E-state index contributed by atoms with van der Waals surface area (Å²) in [7, 11) is 0. The van der Waals surface area contributed by atoms with Crippen LogP contribution in [0.1, 0.15) is 24.4 Å². The Bertz CT molecular complexity index is 508. The number of halogens is 1. The fourth-order valence-corrected chi connectivity index (χ4v) is 1.64. The van der Waals surface area contributed by atoms with Gasteiger partial charge in [-0.25, -0.2) is 0 Å². The minimum atomic E-state index is -0.241. The van der Waals surface area contributed by atoms with E-state index in [1.54, 1.807) is 0 Å². The van der Waals surface area contributed by atoms with Crippen LogP contribution >= 0.6 is 15.9 Å². The van der Waals surface area contributed by atoms with Gasteiger partial charge in [-0.3, -0.25) is 0 Å². The zero-order chi connectivity index (χ0) is 11.7. The average Bonchev–Trinajstić information content (AvgIpc) is 2.71. The third-order valence-electron chi connectivity index (χ3n) is 2.25. The van der Waals surface area contributed by atoms with Crippen LogP contribution < -0.4 is 5.73 Å². The molecular formula is C11H12BrN3O. The summed E-state index contributed by atoms with van der Waals surface area (Å²) in [5.74, 6) is 0.944. The van der Waals surface area contributed by atoms with Crippen molar-refractivity contribution in [3.63, 3.8) is 0 Å². The van der Waals surface area contributed by atoms with E-state index in [4.69, 9.17) is 10.2 Å². The SMILES string of the molecule is Cc1ccc(-c2nnc(C(C)N)o2)cc1Br. The van der Waals surface area contributed by atoms with Gasteiger partial charge in [0.2, 0.25) is 11.8 Å². The average molecular weight is 282 g/mol. The largest absolute Gasteiger partial charge is 0.419 e. The molecular weight excluding hydrogens is 270 g/mol. The molecule has 0 aliphatic carbocycles. The van der Waals surface area contributed by atoms with Crippen molar-refractivity contribution < 1.29 is 4.42 Å². The van der Waals surface area contributed by atoms with Gasteiger partial charge in [0.25, 0.3) is 0 Å². The van der Waals surface area contributed by atoms with Crippen molar-refractivity contribution in [3.8, 4) is 11.5 Å². The highest BCUT2D eigenvalue weighted by molar-refractivity contribution is 9.10. The molecule has 16 heavy (non-hydrogen) atoms. The highest BCUT2D eigenvalue weighted by Crippen LogP contribution is 2.25. The van der Waals surface area contributed by atoms with Gasteiger partial charge in [0, 0.05) is 10.0 Å². The molecule has 4 nitrogen and oxygen atoms in total. The van der Waals surface area contributed by atoms with Crippen LogP contribution in [0.15, 0.2) is 27.1 Å². The Kier molecular flexibility index (Phi) is 3.07. The minimum absolute atomic E-state index is 0.241. The van der Waals surface area contributed by atoms with Gasteiger partial charge in [0.05, 0.1) is 6.04 Å². The third kappa shape index (κ3) is 2.15. The van der Waals surface area contributed by atoms with Crippen molar-refractivity contribution in [1.82, 2.24) is 10.2 Å². The smallest absolute Gasteiger partial charge is 0.247 e. The molecule has 2 N–H and O–H groups in total. The number of aryl methyl sites for hydroxylation is 1. The molecule has 1 aromatic heterocycles. The summed E-state index contributed by atoms with van der Waals surface area (Å²) in [6, 6.07) is 5.65. The molecule has 1 aromatic carbocycles. The number of benzene rings is 1. The second-order valence-electron chi connectivity index (χ2n) is 3.70. The maximum absolute atomic E-state index is 5.65. The molecule has 1 atom stereocenters. The van der Waals surface area contributed by atoms with Crippen LogP contribution in [0.25, 0.3) is 11.5 Å². The summed E-state index contributed by atoms with van der Waals surface area (Å²) >= 11 is 3.46. The first-order valence-corrected chi connectivity index (χ1v) is 5.72. The van der Waals surface area contributed by atoms with Crippen molar-refractivity contribution in [2.45, 2.75) is 19.9 Å². The fourth-order valence-electron chi connectivity index (χ4n) is 1.26. The van der Waals surface area contributed by atoms with Gasteiger partial charge in [0.1, 0.15) is 0 Å². The summed E-state index contributed by atoms with van der Waals surface area (Å²) in [5.41, 5.74) is 7.70. The summed E-state index contributed by atoms with van der Waals surface area (Å²) < 4.78 is 6.48. The quantitative estimate of drug-likeness (QED) is 0.919. The Morgan fingerprint density at radius 3 is 2.69 bits per heavy atom. The van der Waals surface area contributed by atoms with Gasteiger partial charge >= 0.3 is 0 Å². The normalized spacial score (nSPS) is 12.8. The second-order valence-corrected chi connectivity index (χ2v) is 4.55. The molecule has 0 saturated heterocycles. The Labute approximate surface area is 102 Å². The first-order chi connectivity index (χ1) is 7.58. The highest BCUT2D eigenvalue weighted by Gasteiger charge is 2.11. The van der Waals surface area contributed by atoms with Crippen molar-refractivity contribution in [2.75, 3.05) is 0 Å². The number of nitrogens with two attached hydrogens (primary N) is 1. The number of rotatable bonds is 2. The molecule has 0 bridgehead atoms. The topological polar surface area (TPSA) is 64.9 Å². The molecule has 0 aliphatic heterocycles. The van der Waals surface area contributed by atoms with E-state index in [0.29, 0.717) is 11.8 Å². The molecule has 0 saturated carbocycles. The molecule has 0 aliphatic rings.